The lowest BCUT2D eigenvalue weighted by Crippen LogP contribution is -2.50. The van der Waals surface area contributed by atoms with Crippen molar-refractivity contribution in [3.8, 4) is 34.7 Å². The van der Waals surface area contributed by atoms with Crippen LogP contribution in [0.3, 0.4) is 0 Å². The van der Waals surface area contributed by atoms with Crippen molar-refractivity contribution in [2.45, 2.75) is 83.6 Å². The number of nitrogens with zero attached hydrogens (tertiary/aromatic N) is 4. The molecule has 1 saturated heterocycles. The second kappa shape index (κ2) is 10.0. The van der Waals surface area contributed by atoms with Crippen LogP contribution in [-0.2, 0) is 16.7 Å². The molecule has 0 saturated carbocycles. The Kier molecular flexibility index (Phi) is 6.85. The van der Waals surface area contributed by atoms with Crippen molar-refractivity contribution >= 4 is 6.09 Å². The first-order valence-corrected chi connectivity index (χ1v) is 13.4. The highest BCUT2D eigenvalue weighted by Gasteiger charge is 2.54. The lowest BCUT2D eigenvalue weighted by Gasteiger charge is -2.39. The van der Waals surface area contributed by atoms with E-state index in [1.165, 1.54) is 0 Å². The molecule has 204 valence electrons. The zero-order chi connectivity index (χ0) is 27.9. The molecule has 9 nitrogen and oxygen atoms in total. The van der Waals surface area contributed by atoms with Gasteiger partial charge in [-0.25, -0.2) is 4.79 Å². The van der Waals surface area contributed by atoms with E-state index in [1.807, 2.05) is 46.8 Å². The van der Waals surface area contributed by atoms with E-state index in [0.717, 1.165) is 36.0 Å². The van der Waals surface area contributed by atoms with Crippen molar-refractivity contribution in [2.24, 2.45) is 0 Å². The Morgan fingerprint density at radius 3 is 2.77 bits per heavy atom. The van der Waals surface area contributed by atoms with Crippen molar-refractivity contribution in [2.75, 3.05) is 6.61 Å². The monoisotopic (exact) mass is 530 g/mol. The summed E-state index contributed by atoms with van der Waals surface area (Å²) in [7, 11) is 0. The van der Waals surface area contributed by atoms with E-state index in [2.05, 4.69) is 22.3 Å². The number of carbonyl (C=O) groups excluding carboxylic acids is 1. The number of carbonyl (C=O) groups is 1. The third kappa shape index (κ3) is 4.85. The van der Waals surface area contributed by atoms with Crippen molar-refractivity contribution in [1.82, 2.24) is 15.0 Å². The fourth-order valence-electron chi connectivity index (χ4n) is 5.85. The van der Waals surface area contributed by atoms with E-state index in [4.69, 9.17) is 14.0 Å². The van der Waals surface area contributed by atoms with Gasteiger partial charge in [-0.3, -0.25) is 4.90 Å². The Morgan fingerprint density at radius 1 is 1.28 bits per heavy atom. The lowest BCUT2D eigenvalue weighted by molar-refractivity contribution is -0.00986. The van der Waals surface area contributed by atoms with Crippen LogP contribution in [0, 0.1) is 11.3 Å². The number of aromatic nitrogens is 2. The highest BCUT2D eigenvalue weighted by atomic mass is 16.6. The topological polar surface area (TPSA) is 122 Å². The summed E-state index contributed by atoms with van der Waals surface area (Å²) in [5.41, 5.74) is 2.77. The first kappa shape index (κ1) is 26.7. The number of nitriles is 1. The van der Waals surface area contributed by atoms with Gasteiger partial charge < -0.3 is 19.1 Å². The summed E-state index contributed by atoms with van der Waals surface area (Å²) in [6.07, 6.45) is 2.43. The summed E-state index contributed by atoms with van der Waals surface area (Å²) in [5.74, 6) is 1.26. The Morgan fingerprint density at radius 2 is 2.08 bits per heavy atom. The molecule has 1 aliphatic carbocycles. The second-order valence-corrected chi connectivity index (χ2v) is 11.5. The molecule has 1 aromatic heterocycles. The van der Waals surface area contributed by atoms with Gasteiger partial charge in [0.2, 0.25) is 5.82 Å². The summed E-state index contributed by atoms with van der Waals surface area (Å²) in [5, 5.41) is 24.0. The largest absolute Gasteiger partial charge is 0.490 e. The molecule has 39 heavy (non-hydrogen) atoms. The van der Waals surface area contributed by atoms with E-state index in [9.17, 15) is 15.2 Å². The van der Waals surface area contributed by atoms with Crippen LogP contribution >= 0.6 is 0 Å². The maximum atomic E-state index is 13.4. The number of amides is 1. The van der Waals surface area contributed by atoms with Crippen LogP contribution in [0.25, 0.3) is 22.8 Å². The Labute approximate surface area is 228 Å². The maximum absolute atomic E-state index is 13.4. The van der Waals surface area contributed by atoms with Gasteiger partial charge in [-0.05, 0) is 89.6 Å². The molecule has 2 atom stereocenters. The molecular weight excluding hydrogens is 496 g/mol. The molecule has 2 aromatic carbocycles. The van der Waals surface area contributed by atoms with Crippen LogP contribution < -0.4 is 4.74 Å². The van der Waals surface area contributed by atoms with Crippen LogP contribution in [0.2, 0.25) is 0 Å². The molecular formula is C30H34N4O5. The number of rotatable bonds is 5. The number of benzene rings is 2. The van der Waals surface area contributed by atoms with Crippen molar-refractivity contribution < 1.29 is 23.9 Å². The minimum atomic E-state index is -0.643. The van der Waals surface area contributed by atoms with Gasteiger partial charge in [0.25, 0.3) is 5.89 Å². The normalized spacial score (nSPS) is 20.4. The van der Waals surface area contributed by atoms with Gasteiger partial charge in [-0.1, -0.05) is 23.4 Å². The van der Waals surface area contributed by atoms with Gasteiger partial charge in [-0.2, -0.15) is 10.2 Å². The fourth-order valence-corrected chi connectivity index (χ4v) is 5.85. The first-order chi connectivity index (χ1) is 18.6. The lowest BCUT2D eigenvalue weighted by atomic mass is 9.88. The number of ether oxygens (including phenoxy) is 2. The van der Waals surface area contributed by atoms with Crippen LogP contribution in [-0.4, -0.2) is 50.6 Å². The molecule has 1 amide bonds. The highest BCUT2D eigenvalue weighted by molar-refractivity contribution is 5.73. The molecule has 2 unspecified atom stereocenters. The third-order valence-corrected chi connectivity index (χ3v) is 7.36. The summed E-state index contributed by atoms with van der Waals surface area (Å²) < 4.78 is 17.1. The smallest absolute Gasteiger partial charge is 0.411 e. The van der Waals surface area contributed by atoms with Crippen molar-refractivity contribution in [3.63, 3.8) is 0 Å². The minimum Gasteiger partial charge on any atom is -0.490 e. The Balaban J connectivity index is 1.50. The van der Waals surface area contributed by atoms with Crippen molar-refractivity contribution in [1.29, 1.82) is 5.26 Å². The van der Waals surface area contributed by atoms with E-state index < -0.39 is 17.2 Å². The van der Waals surface area contributed by atoms with Crippen LogP contribution in [0.15, 0.2) is 40.9 Å². The van der Waals surface area contributed by atoms with Crippen LogP contribution in [0.5, 0.6) is 5.75 Å². The number of hydrogen-bond acceptors (Lipinski definition) is 8. The predicted octanol–water partition coefficient (Wildman–Crippen LogP) is 5.60. The number of hydrogen-bond donors (Lipinski definition) is 1. The third-order valence-electron chi connectivity index (χ3n) is 7.36. The molecule has 2 heterocycles. The molecule has 0 bridgehead atoms. The number of aliphatic hydroxyl groups excluding tert-OH is 1. The summed E-state index contributed by atoms with van der Waals surface area (Å²) in [4.78, 5) is 19.8. The minimum absolute atomic E-state index is 0.0554. The Hall–Kier alpha value is -3.90. The molecule has 1 spiro atoms. The average Bonchev–Trinajstić information content (AvgIpc) is 3.61. The van der Waals surface area contributed by atoms with E-state index in [-0.39, 0.29) is 18.8 Å². The molecule has 3 aromatic rings. The quantitative estimate of drug-likeness (QED) is 0.453. The molecule has 0 radical (unpaired) electrons. The van der Waals surface area contributed by atoms with E-state index >= 15 is 0 Å². The van der Waals surface area contributed by atoms with E-state index in [0.29, 0.717) is 35.0 Å². The van der Waals surface area contributed by atoms with Gasteiger partial charge in [0.05, 0.1) is 29.9 Å². The zero-order valence-corrected chi connectivity index (χ0v) is 23.0. The standard InChI is InChI=1S/C30H34N4O5/c1-18(2)37-25-10-9-19(15-20(25)16-31)27-32-26(33-39-27)23-7-6-8-24-22(23)12-14-30(24)13-11-21(17-35)34(30)28(36)38-29(3,4)5/h6-10,15,18,21,35H,11-14,17H2,1-5H3. The van der Waals surface area contributed by atoms with Crippen LogP contribution in [0.1, 0.15) is 70.6 Å². The SMILES string of the molecule is CC(C)Oc1ccc(-c2nc(-c3cccc4c3CCC43CCC(CO)N3C(=O)OC(C)(C)C)no2)cc1C#N. The van der Waals surface area contributed by atoms with Gasteiger partial charge in [0.15, 0.2) is 0 Å². The molecule has 1 aliphatic heterocycles. The van der Waals surface area contributed by atoms with Gasteiger partial charge in [-0.15, -0.1) is 0 Å². The number of fused-ring (bicyclic) bond motifs is 2. The van der Waals surface area contributed by atoms with Crippen molar-refractivity contribution in [3.05, 3.63) is 53.1 Å². The fraction of sp³-hybridized carbons (Fsp3) is 0.467. The van der Waals surface area contributed by atoms with Gasteiger partial charge >= 0.3 is 6.09 Å². The van der Waals surface area contributed by atoms with Crippen LogP contribution in [0.4, 0.5) is 4.79 Å². The Bertz CT molecular complexity index is 1430. The van der Waals surface area contributed by atoms with E-state index in [1.54, 1.807) is 23.1 Å². The predicted molar refractivity (Wildman–Crippen MR) is 144 cm³/mol. The summed E-state index contributed by atoms with van der Waals surface area (Å²) >= 11 is 0. The van der Waals surface area contributed by atoms with Gasteiger partial charge in [0, 0.05) is 11.1 Å². The maximum Gasteiger partial charge on any atom is 0.411 e. The molecule has 5 rings (SSSR count). The molecule has 9 heteroatoms. The molecule has 2 aliphatic rings. The molecule has 1 N–H and O–H groups in total. The number of aliphatic hydroxyl groups is 1. The summed E-state index contributed by atoms with van der Waals surface area (Å²) in [6, 6.07) is 13.1. The highest BCUT2D eigenvalue weighted by Crippen LogP contribution is 2.52. The van der Waals surface area contributed by atoms with Gasteiger partial charge in [0.1, 0.15) is 17.4 Å². The molecule has 1 fully saturated rings. The zero-order valence-electron chi connectivity index (χ0n) is 23.0. The summed E-state index contributed by atoms with van der Waals surface area (Å²) in [6.45, 7) is 9.24. The second-order valence-electron chi connectivity index (χ2n) is 11.5. The average molecular weight is 531 g/mol. The number of likely N-dealkylation sites (tertiary alicyclic amines) is 1. The first-order valence-electron chi connectivity index (χ1n) is 13.4.